The molecule has 0 spiro atoms. The van der Waals surface area contributed by atoms with Crippen LogP contribution in [0.25, 0.3) is 10.9 Å². The second-order valence-electron chi connectivity index (χ2n) is 8.83. The molecular weight excluding hydrogens is 492 g/mol. The lowest BCUT2D eigenvalue weighted by atomic mass is 10.0. The minimum Gasteiger partial charge on any atom is -0.493 e. The molecule has 0 radical (unpaired) electrons. The summed E-state index contributed by atoms with van der Waals surface area (Å²) in [5.74, 6) is 0.783. The van der Waals surface area contributed by atoms with Gasteiger partial charge >= 0.3 is 0 Å². The number of aromatic amines is 1. The number of nitrogens with zero attached hydrogens (tertiary/aromatic N) is 1. The van der Waals surface area contributed by atoms with E-state index in [1.54, 1.807) is 23.1 Å². The van der Waals surface area contributed by atoms with Crippen molar-refractivity contribution in [2.75, 3.05) is 21.3 Å². The smallest absolute Gasteiger partial charge is 0.254 e. The van der Waals surface area contributed by atoms with Gasteiger partial charge in [-0.3, -0.25) is 9.59 Å². The summed E-state index contributed by atoms with van der Waals surface area (Å²) in [5.41, 5.74) is 4.17. The van der Waals surface area contributed by atoms with Gasteiger partial charge < -0.3 is 24.1 Å². The summed E-state index contributed by atoms with van der Waals surface area (Å²) in [6.07, 6.45) is 0. The maximum absolute atomic E-state index is 13.9. The number of rotatable bonds is 8. The molecule has 1 amide bonds. The van der Waals surface area contributed by atoms with Crippen LogP contribution in [0.1, 0.15) is 32.6 Å². The van der Waals surface area contributed by atoms with E-state index in [0.717, 1.165) is 27.6 Å². The van der Waals surface area contributed by atoms with Crippen molar-refractivity contribution in [1.82, 2.24) is 9.88 Å². The first-order valence-corrected chi connectivity index (χ1v) is 12.1. The molecule has 192 valence electrons. The molecular formula is C29H29ClN2O5. The molecule has 1 N–H and O–H groups in total. The third-order valence-corrected chi connectivity index (χ3v) is 6.64. The van der Waals surface area contributed by atoms with Gasteiger partial charge in [0, 0.05) is 33.6 Å². The zero-order valence-corrected chi connectivity index (χ0v) is 22.2. The van der Waals surface area contributed by atoms with Crippen LogP contribution in [0, 0.1) is 13.8 Å². The highest BCUT2D eigenvalue weighted by atomic mass is 35.5. The molecule has 4 rings (SSSR count). The highest BCUT2D eigenvalue weighted by Crippen LogP contribution is 2.38. The predicted molar refractivity (Wildman–Crippen MR) is 145 cm³/mol. The van der Waals surface area contributed by atoms with Gasteiger partial charge in [0.1, 0.15) is 0 Å². The first-order valence-electron chi connectivity index (χ1n) is 11.7. The number of carbonyl (C=O) groups excluding carboxylic acids is 1. The van der Waals surface area contributed by atoms with Gasteiger partial charge in [0.25, 0.3) is 11.5 Å². The van der Waals surface area contributed by atoms with E-state index in [1.165, 1.54) is 21.3 Å². The van der Waals surface area contributed by atoms with Gasteiger partial charge in [-0.15, -0.1) is 0 Å². The van der Waals surface area contributed by atoms with Crippen LogP contribution in [0.4, 0.5) is 0 Å². The van der Waals surface area contributed by atoms with Crippen molar-refractivity contribution in [3.05, 3.63) is 97.8 Å². The molecule has 37 heavy (non-hydrogen) atoms. The number of hydrogen-bond acceptors (Lipinski definition) is 5. The summed E-state index contributed by atoms with van der Waals surface area (Å²) in [5, 5.41) is 1.46. The van der Waals surface area contributed by atoms with Crippen molar-refractivity contribution in [3.8, 4) is 17.2 Å². The number of nitrogens with one attached hydrogen (secondary N) is 1. The number of aromatic nitrogens is 1. The number of benzene rings is 3. The Labute approximate surface area is 220 Å². The van der Waals surface area contributed by atoms with Gasteiger partial charge in [-0.1, -0.05) is 35.9 Å². The van der Waals surface area contributed by atoms with E-state index in [-0.39, 0.29) is 24.6 Å². The minimum absolute atomic E-state index is 0.0688. The van der Waals surface area contributed by atoms with E-state index in [9.17, 15) is 9.59 Å². The molecule has 1 heterocycles. The van der Waals surface area contributed by atoms with Gasteiger partial charge in [0.15, 0.2) is 11.5 Å². The molecule has 0 bridgehead atoms. The number of H-pyrrole nitrogens is 1. The van der Waals surface area contributed by atoms with Crippen molar-refractivity contribution >= 4 is 28.4 Å². The van der Waals surface area contributed by atoms with E-state index >= 15 is 0 Å². The molecule has 0 saturated carbocycles. The molecule has 4 aromatic rings. The number of ether oxygens (including phenoxy) is 3. The fourth-order valence-electron chi connectivity index (χ4n) is 4.46. The quantitative estimate of drug-likeness (QED) is 0.324. The van der Waals surface area contributed by atoms with Gasteiger partial charge in [-0.25, -0.2) is 0 Å². The summed E-state index contributed by atoms with van der Waals surface area (Å²) in [4.78, 5) is 31.5. The van der Waals surface area contributed by atoms with Crippen LogP contribution in [0.2, 0.25) is 5.02 Å². The summed E-state index contributed by atoms with van der Waals surface area (Å²) >= 11 is 6.44. The Hall–Kier alpha value is -3.97. The summed E-state index contributed by atoms with van der Waals surface area (Å²) in [7, 11) is 4.48. The highest BCUT2D eigenvalue weighted by Gasteiger charge is 2.23. The van der Waals surface area contributed by atoms with Crippen molar-refractivity contribution in [2.45, 2.75) is 26.9 Å². The van der Waals surface area contributed by atoms with Crippen LogP contribution in [-0.4, -0.2) is 37.1 Å². The minimum atomic E-state index is -0.320. The largest absolute Gasteiger partial charge is 0.493 e. The number of pyridine rings is 1. The Morgan fingerprint density at radius 3 is 2.16 bits per heavy atom. The first kappa shape index (κ1) is 26.1. The maximum atomic E-state index is 13.9. The van der Waals surface area contributed by atoms with Gasteiger partial charge in [0.2, 0.25) is 5.75 Å². The lowest BCUT2D eigenvalue weighted by Gasteiger charge is -2.24. The van der Waals surface area contributed by atoms with E-state index in [0.29, 0.717) is 33.4 Å². The Morgan fingerprint density at radius 1 is 0.892 bits per heavy atom. The number of methoxy groups -OCH3 is 3. The fraction of sp³-hybridized carbons (Fsp3) is 0.241. The second kappa shape index (κ2) is 11.0. The average Bonchev–Trinajstić information content (AvgIpc) is 2.88. The molecule has 0 saturated heterocycles. The Morgan fingerprint density at radius 2 is 1.54 bits per heavy atom. The van der Waals surface area contributed by atoms with Crippen LogP contribution in [0.3, 0.4) is 0 Å². The normalized spacial score (nSPS) is 10.9. The van der Waals surface area contributed by atoms with Crippen molar-refractivity contribution < 1.29 is 19.0 Å². The fourth-order valence-corrected chi connectivity index (χ4v) is 4.65. The van der Waals surface area contributed by atoms with Crippen molar-refractivity contribution in [1.29, 1.82) is 0 Å². The molecule has 8 heteroatoms. The topological polar surface area (TPSA) is 80.9 Å². The molecule has 0 unspecified atom stereocenters. The maximum Gasteiger partial charge on any atom is 0.254 e. The third-order valence-electron chi connectivity index (χ3n) is 6.27. The molecule has 7 nitrogen and oxygen atoms in total. The number of fused-ring (bicyclic) bond motifs is 1. The van der Waals surface area contributed by atoms with Gasteiger partial charge in [-0.2, -0.15) is 0 Å². The Bertz CT molecular complexity index is 1500. The zero-order valence-electron chi connectivity index (χ0n) is 21.5. The van der Waals surface area contributed by atoms with Crippen LogP contribution < -0.4 is 19.8 Å². The van der Waals surface area contributed by atoms with Crippen molar-refractivity contribution in [3.63, 3.8) is 0 Å². The van der Waals surface area contributed by atoms with Gasteiger partial charge in [-0.05, 0) is 60.9 Å². The summed E-state index contributed by atoms with van der Waals surface area (Å²) in [6, 6.07) is 16.4. The average molecular weight is 521 g/mol. The lowest BCUT2D eigenvalue weighted by molar-refractivity contribution is 0.0728. The van der Waals surface area contributed by atoms with Crippen molar-refractivity contribution in [2.24, 2.45) is 0 Å². The SMILES string of the molecule is COc1cc(C(=O)N(Cc2ccccc2Cl)Cc2cc3c(C)cc(C)cc3[nH]c2=O)cc(OC)c1OC. The third kappa shape index (κ3) is 5.42. The number of halogens is 1. The molecule has 0 aliphatic rings. The number of aryl methyl sites for hydroxylation is 2. The first-order chi connectivity index (χ1) is 17.7. The predicted octanol–water partition coefficient (Wildman–Crippen LogP) is 5.67. The second-order valence-corrected chi connectivity index (χ2v) is 9.24. The molecule has 0 atom stereocenters. The number of amides is 1. The molecule has 0 aliphatic heterocycles. The van der Waals surface area contributed by atoms with Crippen LogP contribution in [0.15, 0.2) is 59.4 Å². The van der Waals surface area contributed by atoms with Crippen LogP contribution in [-0.2, 0) is 13.1 Å². The van der Waals surface area contributed by atoms with E-state index < -0.39 is 0 Å². The summed E-state index contributed by atoms with van der Waals surface area (Å²) < 4.78 is 16.3. The Kier molecular flexibility index (Phi) is 7.74. The highest BCUT2D eigenvalue weighted by molar-refractivity contribution is 6.31. The van der Waals surface area contributed by atoms with E-state index in [1.807, 2.05) is 44.2 Å². The standard InChI is InChI=1S/C29H29ClN2O5/c1-17-10-18(2)22-12-21(28(33)31-24(22)11-17)16-32(15-19-8-6-7-9-23(19)30)29(34)20-13-25(35-3)27(37-5)26(14-20)36-4/h6-14H,15-16H2,1-5H3,(H,31,33). The number of carbonyl (C=O) groups is 1. The number of hydrogen-bond donors (Lipinski definition) is 1. The van der Waals surface area contributed by atoms with Crippen LogP contribution >= 0.6 is 11.6 Å². The molecule has 1 aromatic heterocycles. The summed E-state index contributed by atoms with van der Waals surface area (Å²) in [6.45, 7) is 4.25. The zero-order chi connectivity index (χ0) is 26.7. The van der Waals surface area contributed by atoms with Gasteiger partial charge in [0.05, 0.1) is 27.9 Å². The van der Waals surface area contributed by atoms with Crippen LogP contribution in [0.5, 0.6) is 17.2 Å². The Balaban J connectivity index is 1.80. The van der Waals surface area contributed by atoms with E-state index in [2.05, 4.69) is 11.1 Å². The molecule has 3 aromatic carbocycles. The molecule has 0 aliphatic carbocycles. The molecule has 0 fully saturated rings. The monoisotopic (exact) mass is 520 g/mol. The lowest BCUT2D eigenvalue weighted by Crippen LogP contribution is -2.32. The van der Waals surface area contributed by atoms with E-state index in [4.69, 9.17) is 25.8 Å².